The highest BCUT2D eigenvalue weighted by molar-refractivity contribution is 8.02. The molecule has 0 unspecified atom stereocenters. The van der Waals surface area contributed by atoms with E-state index in [9.17, 15) is 14.5 Å². The van der Waals surface area contributed by atoms with Gasteiger partial charge in [-0.2, -0.15) is 0 Å². The molecular formula is C16H11FN4O3S. The number of halogens is 1. The number of rotatable bonds is 6. The van der Waals surface area contributed by atoms with Gasteiger partial charge in [0.1, 0.15) is 22.3 Å². The standard InChI is InChI=1S/C16H11FN4O3S/c17-12-4-1-11(2-5-12)3-7-14-18-16(20-19-14)25-10-9-13-6-8-15(24-13)21(22)23/h1-10H,(H,18,19,20)/b7-3+,10-9+. The van der Waals surface area contributed by atoms with E-state index in [4.69, 9.17) is 4.42 Å². The van der Waals surface area contributed by atoms with Crippen LogP contribution in [0.4, 0.5) is 10.3 Å². The van der Waals surface area contributed by atoms with Crippen LogP contribution in [0.2, 0.25) is 0 Å². The van der Waals surface area contributed by atoms with Crippen molar-refractivity contribution >= 4 is 35.9 Å². The van der Waals surface area contributed by atoms with Crippen LogP contribution in [-0.2, 0) is 0 Å². The lowest BCUT2D eigenvalue weighted by molar-refractivity contribution is -0.402. The van der Waals surface area contributed by atoms with Gasteiger partial charge in [0.05, 0.1) is 6.07 Å². The minimum atomic E-state index is -0.598. The van der Waals surface area contributed by atoms with Crippen molar-refractivity contribution in [1.82, 2.24) is 15.2 Å². The van der Waals surface area contributed by atoms with Gasteiger partial charge in [-0.3, -0.25) is 15.2 Å². The number of benzene rings is 1. The van der Waals surface area contributed by atoms with E-state index in [-0.39, 0.29) is 11.7 Å². The number of nitro groups is 1. The Balaban J connectivity index is 1.58. The van der Waals surface area contributed by atoms with Gasteiger partial charge < -0.3 is 4.42 Å². The summed E-state index contributed by atoms with van der Waals surface area (Å²) in [6.07, 6.45) is 5.10. The van der Waals surface area contributed by atoms with Crippen molar-refractivity contribution in [1.29, 1.82) is 0 Å². The molecule has 0 fully saturated rings. The topological polar surface area (TPSA) is 97.8 Å². The van der Waals surface area contributed by atoms with E-state index in [0.717, 1.165) is 5.56 Å². The number of thioether (sulfide) groups is 1. The predicted molar refractivity (Wildman–Crippen MR) is 92.0 cm³/mol. The smallest absolute Gasteiger partial charge is 0.401 e. The van der Waals surface area contributed by atoms with Crippen LogP contribution in [0.25, 0.3) is 18.2 Å². The first kappa shape index (κ1) is 16.7. The summed E-state index contributed by atoms with van der Waals surface area (Å²) in [6, 6.07) is 8.86. The third-order valence-corrected chi connectivity index (χ3v) is 3.65. The quantitative estimate of drug-likeness (QED) is 0.399. The van der Waals surface area contributed by atoms with Gasteiger partial charge in [-0.05, 0) is 41.3 Å². The fourth-order valence-electron chi connectivity index (χ4n) is 1.83. The minimum absolute atomic E-state index is 0.288. The Morgan fingerprint density at radius 2 is 1.96 bits per heavy atom. The lowest BCUT2D eigenvalue weighted by Crippen LogP contribution is -1.82. The number of hydrogen-bond donors (Lipinski definition) is 1. The van der Waals surface area contributed by atoms with Crippen LogP contribution in [0.5, 0.6) is 0 Å². The molecule has 0 atom stereocenters. The van der Waals surface area contributed by atoms with Crippen LogP contribution >= 0.6 is 11.8 Å². The van der Waals surface area contributed by atoms with Gasteiger partial charge in [0.2, 0.25) is 5.16 Å². The molecule has 0 aliphatic carbocycles. The SMILES string of the molecule is O=[N+]([O-])c1ccc(/C=C/Sc2n[nH]c(/C=C/c3ccc(F)cc3)n2)o1. The van der Waals surface area contributed by atoms with Gasteiger partial charge in [0.15, 0.2) is 0 Å². The zero-order valence-corrected chi connectivity index (χ0v) is 13.4. The third-order valence-electron chi connectivity index (χ3n) is 2.98. The Morgan fingerprint density at radius 3 is 2.68 bits per heavy atom. The van der Waals surface area contributed by atoms with Crippen molar-refractivity contribution in [2.45, 2.75) is 5.16 Å². The van der Waals surface area contributed by atoms with Gasteiger partial charge in [-0.1, -0.05) is 30.0 Å². The molecule has 3 aromatic rings. The van der Waals surface area contributed by atoms with E-state index in [0.29, 0.717) is 16.7 Å². The summed E-state index contributed by atoms with van der Waals surface area (Å²) >= 11 is 1.23. The van der Waals surface area contributed by atoms with Crippen molar-refractivity contribution in [3.05, 3.63) is 74.9 Å². The summed E-state index contributed by atoms with van der Waals surface area (Å²) in [5.74, 6) is 0.319. The van der Waals surface area contributed by atoms with Crippen molar-refractivity contribution < 1.29 is 13.7 Å². The largest absolute Gasteiger partial charge is 0.433 e. The molecule has 0 aliphatic heterocycles. The van der Waals surface area contributed by atoms with Crippen LogP contribution < -0.4 is 0 Å². The molecular weight excluding hydrogens is 347 g/mol. The molecule has 3 rings (SSSR count). The number of nitrogens with zero attached hydrogens (tertiary/aromatic N) is 3. The molecule has 9 heteroatoms. The molecule has 0 bridgehead atoms. The van der Waals surface area contributed by atoms with Crippen LogP contribution in [0.3, 0.4) is 0 Å². The van der Waals surface area contributed by atoms with E-state index in [1.54, 1.807) is 35.8 Å². The number of nitrogens with one attached hydrogen (secondary N) is 1. The zero-order valence-electron chi connectivity index (χ0n) is 12.6. The van der Waals surface area contributed by atoms with Gasteiger partial charge in [0.25, 0.3) is 0 Å². The molecule has 2 heterocycles. The molecule has 0 saturated carbocycles. The Hall–Kier alpha value is -3.20. The maximum Gasteiger partial charge on any atom is 0.433 e. The van der Waals surface area contributed by atoms with Crippen molar-refractivity contribution in [3.8, 4) is 0 Å². The van der Waals surface area contributed by atoms with Crippen molar-refractivity contribution in [2.75, 3.05) is 0 Å². The minimum Gasteiger partial charge on any atom is -0.401 e. The number of aromatic nitrogens is 3. The first-order valence-corrected chi connectivity index (χ1v) is 7.91. The Kier molecular flexibility index (Phi) is 5.05. The normalized spacial score (nSPS) is 11.6. The zero-order chi connectivity index (χ0) is 17.6. The van der Waals surface area contributed by atoms with Gasteiger partial charge >= 0.3 is 5.88 Å². The molecule has 0 spiro atoms. The van der Waals surface area contributed by atoms with Gasteiger partial charge in [-0.15, -0.1) is 5.10 Å². The molecule has 0 amide bonds. The second-order valence-corrected chi connectivity index (χ2v) is 5.61. The van der Waals surface area contributed by atoms with E-state index >= 15 is 0 Å². The number of hydrogen-bond acceptors (Lipinski definition) is 6. The van der Waals surface area contributed by atoms with Crippen molar-refractivity contribution in [2.24, 2.45) is 0 Å². The second kappa shape index (κ2) is 7.58. The average molecular weight is 358 g/mol. The number of aromatic amines is 1. The van der Waals surface area contributed by atoms with Crippen LogP contribution in [0.15, 0.2) is 51.4 Å². The Morgan fingerprint density at radius 1 is 1.16 bits per heavy atom. The lowest BCUT2D eigenvalue weighted by Gasteiger charge is -1.91. The van der Waals surface area contributed by atoms with Crippen LogP contribution in [-0.4, -0.2) is 20.1 Å². The molecule has 1 aromatic carbocycles. The van der Waals surface area contributed by atoms with Gasteiger partial charge in [-0.25, -0.2) is 9.37 Å². The van der Waals surface area contributed by atoms with E-state index in [2.05, 4.69) is 15.2 Å². The molecule has 0 radical (unpaired) electrons. The molecule has 0 saturated heterocycles. The molecule has 7 nitrogen and oxygen atoms in total. The fourth-order valence-corrected chi connectivity index (χ4v) is 2.40. The van der Waals surface area contributed by atoms with Crippen molar-refractivity contribution in [3.63, 3.8) is 0 Å². The third kappa shape index (κ3) is 4.64. The van der Waals surface area contributed by atoms with E-state index in [1.807, 2.05) is 0 Å². The highest BCUT2D eigenvalue weighted by Crippen LogP contribution is 2.20. The van der Waals surface area contributed by atoms with Crippen LogP contribution in [0.1, 0.15) is 17.1 Å². The summed E-state index contributed by atoms with van der Waals surface area (Å²) in [5.41, 5.74) is 0.839. The number of H-pyrrole nitrogens is 1. The van der Waals surface area contributed by atoms with Gasteiger partial charge in [0, 0.05) is 0 Å². The summed E-state index contributed by atoms with van der Waals surface area (Å²) in [7, 11) is 0. The summed E-state index contributed by atoms with van der Waals surface area (Å²) in [5, 5.41) is 19.5. The monoisotopic (exact) mass is 358 g/mol. The molecule has 25 heavy (non-hydrogen) atoms. The maximum atomic E-state index is 12.8. The highest BCUT2D eigenvalue weighted by Gasteiger charge is 2.09. The molecule has 126 valence electrons. The Bertz CT molecular complexity index is 931. The number of furan rings is 1. The maximum absolute atomic E-state index is 12.8. The Labute approximate surface area is 145 Å². The first-order valence-electron chi connectivity index (χ1n) is 7.03. The highest BCUT2D eigenvalue weighted by atomic mass is 32.2. The fraction of sp³-hybridized carbons (Fsp3) is 0. The van der Waals surface area contributed by atoms with E-state index in [1.165, 1.54) is 36.0 Å². The first-order chi connectivity index (χ1) is 12.1. The average Bonchev–Trinajstić information content (AvgIpc) is 3.24. The van der Waals surface area contributed by atoms with Crippen LogP contribution in [0, 0.1) is 15.9 Å². The lowest BCUT2D eigenvalue weighted by atomic mass is 10.2. The molecule has 0 aliphatic rings. The van der Waals surface area contributed by atoms with E-state index < -0.39 is 4.92 Å². The molecule has 1 N–H and O–H groups in total. The molecule has 2 aromatic heterocycles. The summed E-state index contributed by atoms with van der Waals surface area (Å²) < 4.78 is 17.8. The summed E-state index contributed by atoms with van der Waals surface area (Å²) in [6.45, 7) is 0. The summed E-state index contributed by atoms with van der Waals surface area (Å²) in [4.78, 5) is 14.2. The predicted octanol–water partition coefficient (Wildman–Crippen LogP) is 4.38. The second-order valence-electron chi connectivity index (χ2n) is 4.74.